The maximum Gasteiger partial charge on any atom is 0.470 e. The van der Waals surface area contributed by atoms with Crippen molar-refractivity contribution in [3.63, 3.8) is 0 Å². The summed E-state index contributed by atoms with van der Waals surface area (Å²) >= 11 is 0. The minimum Gasteiger partial charge on any atom is -0.323 e. The van der Waals surface area contributed by atoms with Crippen LogP contribution in [0.4, 0.5) is 0 Å². The summed E-state index contributed by atoms with van der Waals surface area (Å²) in [6.07, 6.45) is 7.96. The Morgan fingerprint density at radius 3 is 1.70 bits per heavy atom. The third-order valence-corrected chi connectivity index (χ3v) is 4.75. The molecule has 1 unspecified atom stereocenters. The van der Waals surface area contributed by atoms with E-state index in [2.05, 4.69) is 11.4 Å². The smallest absolute Gasteiger partial charge is 0.323 e. The fraction of sp³-hybridized carbons (Fsp3) is 1.00. The highest BCUT2D eigenvalue weighted by molar-refractivity contribution is 7.53. The van der Waals surface area contributed by atoms with E-state index in [0.717, 1.165) is 25.7 Å². The molecule has 0 aromatic heterocycles. The summed E-state index contributed by atoms with van der Waals surface area (Å²) in [6.45, 7) is 2.14. The zero-order chi connectivity index (χ0) is 15.6. The van der Waals surface area contributed by atoms with Crippen LogP contribution in [-0.2, 0) is 13.7 Å². The second-order valence-corrected chi connectivity index (χ2v) is 7.85. The molecule has 0 fully saturated rings. The molecule has 20 heavy (non-hydrogen) atoms. The van der Waals surface area contributed by atoms with Gasteiger partial charge in [0.2, 0.25) is 0 Å². The van der Waals surface area contributed by atoms with Crippen LogP contribution in [0, 0.1) is 0 Å². The lowest BCUT2D eigenvalue weighted by Crippen LogP contribution is -2.12. The summed E-state index contributed by atoms with van der Waals surface area (Å²) < 4.78 is 25.9. The van der Waals surface area contributed by atoms with E-state index >= 15 is 0 Å². The van der Waals surface area contributed by atoms with Gasteiger partial charge in [-0.15, -0.1) is 0 Å². The van der Waals surface area contributed by atoms with Gasteiger partial charge in [-0.1, -0.05) is 58.3 Å². The van der Waals surface area contributed by atoms with Gasteiger partial charge in [-0.3, -0.25) is 9.09 Å². The van der Waals surface area contributed by atoms with Crippen LogP contribution in [0.15, 0.2) is 0 Å². The standard InChI is InChI=1S/C11H26O7P2/c1-2-3-4-5-6-7-8-9-10-11(19(12,13)14)18-20(15,16)17/h11H,2-10H2,1H3,(H2,12,13,14)(H2,15,16,17). The summed E-state index contributed by atoms with van der Waals surface area (Å²) in [5.74, 6) is -1.72. The number of hydrogen-bond donors (Lipinski definition) is 4. The fourth-order valence-electron chi connectivity index (χ4n) is 1.89. The third-order valence-electron chi connectivity index (χ3n) is 2.94. The van der Waals surface area contributed by atoms with E-state index in [1.165, 1.54) is 19.3 Å². The molecular formula is C11H26O7P2. The molecule has 0 saturated carbocycles. The van der Waals surface area contributed by atoms with E-state index < -0.39 is 21.3 Å². The van der Waals surface area contributed by atoms with Gasteiger partial charge >= 0.3 is 15.4 Å². The molecule has 9 heteroatoms. The number of rotatable bonds is 12. The molecule has 0 aliphatic rings. The summed E-state index contributed by atoms with van der Waals surface area (Å²) in [6, 6.07) is 0. The van der Waals surface area contributed by atoms with Gasteiger partial charge < -0.3 is 19.6 Å². The van der Waals surface area contributed by atoms with Crippen LogP contribution in [0.25, 0.3) is 0 Å². The summed E-state index contributed by atoms with van der Waals surface area (Å²) in [7, 11) is -9.54. The maximum atomic E-state index is 11.1. The first-order valence-corrected chi connectivity index (χ1v) is 10.2. The average Bonchev–Trinajstić information content (AvgIpc) is 2.28. The lowest BCUT2D eigenvalue weighted by Gasteiger charge is -2.19. The monoisotopic (exact) mass is 332 g/mol. The number of phosphoric ester groups is 1. The maximum absolute atomic E-state index is 11.1. The van der Waals surface area contributed by atoms with E-state index in [0.29, 0.717) is 6.42 Å². The molecule has 0 heterocycles. The van der Waals surface area contributed by atoms with Crippen molar-refractivity contribution >= 4 is 15.4 Å². The van der Waals surface area contributed by atoms with Gasteiger partial charge in [-0.25, -0.2) is 4.57 Å². The molecule has 0 radical (unpaired) electrons. The van der Waals surface area contributed by atoms with Crippen LogP contribution in [0.2, 0.25) is 0 Å². The third kappa shape index (κ3) is 12.0. The first kappa shape index (κ1) is 20.3. The van der Waals surface area contributed by atoms with Crippen LogP contribution < -0.4 is 0 Å². The van der Waals surface area contributed by atoms with Crippen molar-refractivity contribution in [1.29, 1.82) is 0 Å². The molecule has 122 valence electrons. The Hall–Kier alpha value is 0.260. The van der Waals surface area contributed by atoms with Crippen molar-refractivity contribution in [3.05, 3.63) is 0 Å². The van der Waals surface area contributed by atoms with Gasteiger partial charge in [0.15, 0.2) is 5.85 Å². The van der Waals surface area contributed by atoms with Gasteiger partial charge in [0.1, 0.15) is 0 Å². The van der Waals surface area contributed by atoms with Crippen LogP contribution in [0.5, 0.6) is 0 Å². The highest BCUT2D eigenvalue weighted by atomic mass is 31.2. The van der Waals surface area contributed by atoms with Crippen molar-refractivity contribution in [3.8, 4) is 0 Å². The Bertz CT molecular complexity index is 336. The minimum atomic E-state index is -4.88. The average molecular weight is 332 g/mol. The zero-order valence-corrected chi connectivity index (χ0v) is 13.6. The first-order valence-electron chi connectivity index (χ1n) is 6.96. The van der Waals surface area contributed by atoms with Gasteiger partial charge in [0, 0.05) is 0 Å². The van der Waals surface area contributed by atoms with Crippen molar-refractivity contribution in [2.24, 2.45) is 0 Å². The predicted octanol–water partition coefficient (Wildman–Crippen LogP) is 3.13. The Kier molecular flexibility index (Phi) is 10.2. The summed E-state index contributed by atoms with van der Waals surface area (Å²) in [4.78, 5) is 35.2. The second-order valence-electron chi connectivity index (χ2n) is 4.90. The molecule has 0 aromatic carbocycles. The number of unbranched alkanes of at least 4 members (excludes halogenated alkanes) is 7. The Morgan fingerprint density at radius 2 is 1.30 bits per heavy atom. The normalized spacial score (nSPS) is 14.4. The molecule has 1 atom stereocenters. The largest absolute Gasteiger partial charge is 0.470 e. The molecule has 0 saturated heterocycles. The van der Waals surface area contributed by atoms with Crippen LogP contribution >= 0.6 is 15.4 Å². The Labute approximate surface area is 120 Å². The second kappa shape index (κ2) is 10.1. The van der Waals surface area contributed by atoms with Crippen LogP contribution in [-0.4, -0.2) is 25.4 Å². The highest BCUT2D eigenvalue weighted by Gasteiger charge is 2.35. The Morgan fingerprint density at radius 1 is 0.850 bits per heavy atom. The molecule has 0 spiro atoms. The molecule has 0 aliphatic carbocycles. The summed E-state index contributed by atoms with van der Waals surface area (Å²) in [5.41, 5.74) is 0. The van der Waals surface area contributed by atoms with E-state index in [1.807, 2.05) is 0 Å². The van der Waals surface area contributed by atoms with Crippen molar-refractivity contribution in [2.75, 3.05) is 0 Å². The highest BCUT2D eigenvalue weighted by Crippen LogP contribution is 2.52. The van der Waals surface area contributed by atoms with E-state index in [4.69, 9.17) is 19.6 Å². The molecule has 7 nitrogen and oxygen atoms in total. The fourth-order valence-corrected chi connectivity index (χ4v) is 3.69. The van der Waals surface area contributed by atoms with E-state index in [9.17, 15) is 9.13 Å². The lowest BCUT2D eigenvalue weighted by atomic mass is 10.1. The minimum absolute atomic E-state index is 0.0512. The van der Waals surface area contributed by atoms with Gasteiger partial charge in [-0.2, -0.15) is 0 Å². The van der Waals surface area contributed by atoms with Gasteiger partial charge in [0.25, 0.3) is 0 Å². The van der Waals surface area contributed by atoms with Crippen LogP contribution in [0.3, 0.4) is 0 Å². The van der Waals surface area contributed by atoms with Gasteiger partial charge in [-0.05, 0) is 6.42 Å². The molecule has 0 aromatic rings. The molecule has 0 bridgehead atoms. The quantitative estimate of drug-likeness (QED) is 0.320. The topological polar surface area (TPSA) is 124 Å². The van der Waals surface area contributed by atoms with Gasteiger partial charge in [0.05, 0.1) is 0 Å². The molecule has 0 aliphatic heterocycles. The lowest BCUT2D eigenvalue weighted by molar-refractivity contribution is 0.147. The molecule has 0 amide bonds. The van der Waals surface area contributed by atoms with Crippen molar-refractivity contribution < 1.29 is 33.2 Å². The molecular weight excluding hydrogens is 306 g/mol. The number of hydrogen-bond acceptors (Lipinski definition) is 3. The Balaban J connectivity index is 3.87. The predicted molar refractivity (Wildman–Crippen MR) is 76.2 cm³/mol. The summed E-state index contributed by atoms with van der Waals surface area (Å²) in [5, 5.41) is 0. The molecule has 4 N–H and O–H groups in total. The molecule has 0 rings (SSSR count). The van der Waals surface area contributed by atoms with E-state index in [-0.39, 0.29) is 6.42 Å². The number of phosphoric acid groups is 1. The SMILES string of the molecule is CCCCCCCCCCC(OP(=O)(O)O)P(=O)(O)O. The first-order chi connectivity index (χ1) is 9.17. The van der Waals surface area contributed by atoms with Crippen molar-refractivity contribution in [1.82, 2.24) is 0 Å². The van der Waals surface area contributed by atoms with Crippen molar-refractivity contribution in [2.45, 2.75) is 70.6 Å². The van der Waals surface area contributed by atoms with Crippen LogP contribution in [0.1, 0.15) is 64.7 Å². The zero-order valence-electron chi connectivity index (χ0n) is 11.8. The van der Waals surface area contributed by atoms with E-state index in [1.54, 1.807) is 0 Å².